The molecule has 0 aliphatic rings. The topological polar surface area (TPSA) is 54.9 Å². The molecule has 25 heavy (non-hydrogen) atoms. The van der Waals surface area contributed by atoms with Crippen LogP contribution in [0.3, 0.4) is 0 Å². The van der Waals surface area contributed by atoms with Crippen LogP contribution in [0.25, 0.3) is 0 Å². The Balaban J connectivity index is 0.00000312. The molecule has 1 aromatic carbocycles. The number of hydrogen-bond donors (Lipinski definition) is 2. The highest BCUT2D eigenvalue weighted by molar-refractivity contribution is 14.0. The number of ether oxygens (including phenoxy) is 2. The smallest absolute Gasteiger partial charge is 0.196 e. The summed E-state index contributed by atoms with van der Waals surface area (Å²) in [5.74, 6) is 1.60. The lowest BCUT2D eigenvalue weighted by Gasteiger charge is -2.12. The van der Waals surface area contributed by atoms with Crippen LogP contribution in [0.1, 0.15) is 18.2 Å². The first-order valence-corrected chi connectivity index (χ1v) is 8.99. The van der Waals surface area contributed by atoms with Crippen LogP contribution >= 0.6 is 35.3 Å². The van der Waals surface area contributed by atoms with Gasteiger partial charge in [-0.25, -0.2) is 4.99 Å². The lowest BCUT2D eigenvalue weighted by atomic mass is 10.3. The van der Waals surface area contributed by atoms with Crippen molar-refractivity contribution in [1.82, 2.24) is 5.32 Å². The summed E-state index contributed by atoms with van der Waals surface area (Å²) in [6, 6.07) is 12.0. The summed E-state index contributed by atoms with van der Waals surface area (Å²) in [5, 5.41) is 8.65. The summed E-state index contributed by atoms with van der Waals surface area (Å²) < 4.78 is 10.8. The molecule has 0 aliphatic heterocycles. The molecule has 138 valence electrons. The second kappa shape index (κ2) is 13.0. The van der Waals surface area contributed by atoms with E-state index in [1.807, 2.05) is 30.3 Å². The molecule has 0 fully saturated rings. The fraction of sp³-hybridized carbons (Fsp3) is 0.389. The minimum Gasteiger partial charge on any atom is -0.493 e. The van der Waals surface area contributed by atoms with Gasteiger partial charge in [0.1, 0.15) is 5.75 Å². The summed E-state index contributed by atoms with van der Waals surface area (Å²) in [4.78, 5) is 5.85. The largest absolute Gasteiger partial charge is 0.493 e. The fourth-order valence-corrected chi connectivity index (χ4v) is 2.69. The minimum atomic E-state index is 0. The summed E-state index contributed by atoms with van der Waals surface area (Å²) in [5.41, 5.74) is 0.949. The van der Waals surface area contributed by atoms with Gasteiger partial charge >= 0.3 is 0 Å². The van der Waals surface area contributed by atoms with Gasteiger partial charge in [-0.05, 0) is 30.5 Å². The lowest BCUT2D eigenvalue weighted by molar-refractivity contribution is 0.172. The van der Waals surface area contributed by atoms with E-state index in [2.05, 4.69) is 34.0 Å². The quantitative estimate of drug-likeness (QED) is 0.245. The first-order valence-electron chi connectivity index (χ1n) is 8.11. The second-order valence-electron chi connectivity index (χ2n) is 5.12. The van der Waals surface area contributed by atoms with E-state index in [0.29, 0.717) is 19.8 Å². The predicted octanol–water partition coefficient (Wildman–Crippen LogP) is 4.36. The van der Waals surface area contributed by atoms with E-state index in [1.165, 1.54) is 4.88 Å². The number of halogens is 1. The third-order valence-electron chi connectivity index (χ3n) is 3.18. The highest BCUT2D eigenvalue weighted by Gasteiger charge is 2.02. The number of nitrogens with zero attached hydrogens (tertiary/aromatic N) is 1. The van der Waals surface area contributed by atoms with E-state index in [0.717, 1.165) is 30.4 Å². The van der Waals surface area contributed by atoms with Gasteiger partial charge in [0.05, 0.1) is 13.2 Å². The number of anilines is 1. The summed E-state index contributed by atoms with van der Waals surface area (Å²) in [6.07, 6.45) is 0.874. The Hall–Kier alpha value is -1.32. The molecule has 0 unspecified atom stereocenters. The maximum absolute atomic E-state index is 5.73. The number of guanidine groups is 1. The van der Waals surface area contributed by atoms with Gasteiger partial charge in [0.25, 0.3) is 0 Å². The van der Waals surface area contributed by atoms with Crippen molar-refractivity contribution in [2.75, 3.05) is 32.2 Å². The van der Waals surface area contributed by atoms with Crippen LogP contribution in [-0.4, -0.2) is 32.8 Å². The highest BCUT2D eigenvalue weighted by atomic mass is 127. The zero-order valence-corrected chi connectivity index (χ0v) is 17.8. The Morgan fingerprint density at radius 2 is 2.08 bits per heavy atom. The van der Waals surface area contributed by atoms with Crippen molar-refractivity contribution < 1.29 is 9.47 Å². The number of benzene rings is 1. The molecule has 2 N–H and O–H groups in total. The molecule has 2 aromatic rings. The molecule has 0 saturated carbocycles. The Kier molecular flexibility index (Phi) is 11.3. The van der Waals surface area contributed by atoms with Gasteiger partial charge < -0.3 is 20.1 Å². The monoisotopic (exact) mass is 475 g/mol. The van der Waals surface area contributed by atoms with Gasteiger partial charge in [-0.3, -0.25) is 0 Å². The third kappa shape index (κ3) is 8.55. The number of aliphatic imine (C=N–C) groups is 1. The van der Waals surface area contributed by atoms with E-state index in [9.17, 15) is 0 Å². The van der Waals surface area contributed by atoms with Crippen molar-refractivity contribution >= 4 is 47.0 Å². The molecule has 0 amide bonds. The van der Waals surface area contributed by atoms with E-state index in [4.69, 9.17) is 9.47 Å². The molecule has 7 heteroatoms. The number of thiophene rings is 1. The van der Waals surface area contributed by atoms with Crippen LogP contribution < -0.4 is 15.4 Å². The molecule has 0 saturated heterocycles. The van der Waals surface area contributed by atoms with Gasteiger partial charge in [-0.15, -0.1) is 35.3 Å². The Bertz CT molecular complexity index is 621. The van der Waals surface area contributed by atoms with Crippen molar-refractivity contribution in [2.24, 2.45) is 4.99 Å². The first-order chi connectivity index (χ1) is 11.8. The molecule has 0 atom stereocenters. The summed E-state index contributed by atoms with van der Waals surface area (Å²) >= 11 is 1.71. The third-order valence-corrected chi connectivity index (χ3v) is 4.04. The van der Waals surface area contributed by atoms with Crippen molar-refractivity contribution in [1.29, 1.82) is 0 Å². The normalized spacial score (nSPS) is 10.9. The lowest BCUT2D eigenvalue weighted by Crippen LogP contribution is -2.30. The second-order valence-corrected chi connectivity index (χ2v) is 6.15. The molecule has 2 rings (SSSR count). The predicted molar refractivity (Wildman–Crippen MR) is 117 cm³/mol. The summed E-state index contributed by atoms with van der Waals surface area (Å²) in [7, 11) is 1.70. The standard InChI is InChI=1S/C18H25N3O2S.HI/c1-3-19-18(20-14-17-9-5-12-24-17)21-15-7-4-8-16(13-15)23-11-6-10-22-2;/h4-5,7-9,12-13H,3,6,10-11,14H2,1-2H3,(H2,19,20,21);1H. The molecule has 0 bridgehead atoms. The van der Waals surface area contributed by atoms with Gasteiger partial charge in [-0.2, -0.15) is 0 Å². The van der Waals surface area contributed by atoms with Crippen LogP contribution in [0.2, 0.25) is 0 Å². The minimum absolute atomic E-state index is 0. The van der Waals surface area contributed by atoms with Crippen molar-refractivity contribution in [3.63, 3.8) is 0 Å². The SMILES string of the molecule is CCNC(=NCc1cccs1)Nc1cccc(OCCCOC)c1.I. The maximum Gasteiger partial charge on any atom is 0.196 e. The Labute approximate surface area is 170 Å². The molecule has 0 aliphatic carbocycles. The van der Waals surface area contributed by atoms with Crippen LogP contribution in [0.4, 0.5) is 5.69 Å². The van der Waals surface area contributed by atoms with Gasteiger partial charge in [0.2, 0.25) is 0 Å². The van der Waals surface area contributed by atoms with E-state index in [1.54, 1.807) is 18.4 Å². The van der Waals surface area contributed by atoms with Gasteiger partial charge in [-0.1, -0.05) is 12.1 Å². The molecule has 1 aromatic heterocycles. The van der Waals surface area contributed by atoms with E-state index >= 15 is 0 Å². The first kappa shape index (κ1) is 21.7. The van der Waals surface area contributed by atoms with Crippen molar-refractivity contribution in [3.8, 4) is 5.75 Å². The average molecular weight is 475 g/mol. The zero-order valence-electron chi connectivity index (χ0n) is 14.7. The van der Waals surface area contributed by atoms with E-state index < -0.39 is 0 Å². The number of hydrogen-bond acceptors (Lipinski definition) is 4. The van der Waals surface area contributed by atoms with Gasteiger partial charge in [0, 0.05) is 43.3 Å². The van der Waals surface area contributed by atoms with Crippen molar-refractivity contribution in [2.45, 2.75) is 19.9 Å². The van der Waals surface area contributed by atoms with Crippen molar-refractivity contribution in [3.05, 3.63) is 46.7 Å². The highest BCUT2D eigenvalue weighted by Crippen LogP contribution is 2.17. The molecule has 5 nitrogen and oxygen atoms in total. The molecule has 0 spiro atoms. The Morgan fingerprint density at radius 1 is 1.20 bits per heavy atom. The number of methoxy groups -OCH3 is 1. The average Bonchev–Trinajstić information content (AvgIpc) is 3.11. The molecular weight excluding hydrogens is 449 g/mol. The molecule has 0 radical (unpaired) electrons. The maximum atomic E-state index is 5.73. The Morgan fingerprint density at radius 3 is 2.80 bits per heavy atom. The van der Waals surface area contributed by atoms with Gasteiger partial charge in [0.15, 0.2) is 5.96 Å². The fourth-order valence-electron chi connectivity index (χ4n) is 2.06. The molecular formula is C18H26IN3O2S. The zero-order chi connectivity index (χ0) is 17.0. The van der Waals surface area contributed by atoms with Crippen LogP contribution in [0, 0.1) is 0 Å². The number of rotatable bonds is 9. The van der Waals surface area contributed by atoms with Crippen LogP contribution in [-0.2, 0) is 11.3 Å². The van der Waals surface area contributed by atoms with Crippen LogP contribution in [0.15, 0.2) is 46.8 Å². The number of nitrogens with one attached hydrogen (secondary N) is 2. The molecule has 1 heterocycles. The summed E-state index contributed by atoms with van der Waals surface area (Å²) in [6.45, 7) is 4.88. The van der Waals surface area contributed by atoms with Crippen LogP contribution in [0.5, 0.6) is 5.75 Å². The van der Waals surface area contributed by atoms with E-state index in [-0.39, 0.29) is 24.0 Å².